The maximum Gasteiger partial charge on any atom is 0.245 e. The molecule has 8 heteroatoms. The molecule has 118 valence electrons. The number of likely N-dealkylation sites (N-methyl/N-ethyl adjacent to an activating group) is 1. The molecule has 0 radical (unpaired) electrons. The lowest BCUT2D eigenvalue weighted by Gasteiger charge is -2.21. The molecule has 0 saturated heterocycles. The largest absolute Gasteiger partial charge is 0.398 e. The van der Waals surface area contributed by atoms with Crippen molar-refractivity contribution in [2.45, 2.75) is 31.7 Å². The Bertz CT molecular complexity index is 617. The number of rotatable bonds is 6. The van der Waals surface area contributed by atoms with E-state index >= 15 is 0 Å². The Kier molecular flexibility index (Phi) is 5.68. The van der Waals surface area contributed by atoms with Crippen LogP contribution in [0.1, 0.15) is 20.8 Å². The summed E-state index contributed by atoms with van der Waals surface area (Å²) < 4.78 is 39.1. The van der Waals surface area contributed by atoms with E-state index < -0.39 is 21.7 Å². The van der Waals surface area contributed by atoms with Crippen molar-refractivity contribution >= 4 is 21.6 Å². The van der Waals surface area contributed by atoms with Crippen LogP contribution in [0.5, 0.6) is 0 Å². The van der Waals surface area contributed by atoms with Crippen LogP contribution in [0.15, 0.2) is 23.1 Å². The molecule has 6 nitrogen and oxygen atoms in total. The highest BCUT2D eigenvalue weighted by atomic mass is 32.2. The zero-order valence-corrected chi connectivity index (χ0v) is 13.1. The average molecular weight is 317 g/mol. The molecule has 1 rings (SSSR count). The van der Waals surface area contributed by atoms with Crippen molar-refractivity contribution in [1.82, 2.24) is 9.62 Å². The molecule has 0 bridgehead atoms. The number of nitrogens with one attached hydrogen (secondary N) is 1. The number of carbonyl (C=O) groups excluding carboxylic acids is 1. The van der Waals surface area contributed by atoms with Crippen molar-refractivity contribution in [2.75, 3.05) is 18.8 Å². The third-order valence-electron chi connectivity index (χ3n) is 2.72. The molecule has 0 aromatic heterocycles. The van der Waals surface area contributed by atoms with Gasteiger partial charge in [-0.15, -0.1) is 0 Å². The van der Waals surface area contributed by atoms with E-state index in [4.69, 9.17) is 5.73 Å². The number of nitrogen functional groups attached to an aromatic ring is 1. The van der Waals surface area contributed by atoms with E-state index in [1.165, 1.54) is 6.07 Å². The van der Waals surface area contributed by atoms with Crippen molar-refractivity contribution in [1.29, 1.82) is 0 Å². The van der Waals surface area contributed by atoms with Crippen molar-refractivity contribution in [3.05, 3.63) is 24.0 Å². The number of nitrogens with zero attached hydrogens (tertiary/aromatic N) is 1. The number of hydrogen-bond donors (Lipinski definition) is 2. The summed E-state index contributed by atoms with van der Waals surface area (Å²) in [5.41, 5.74) is 5.55. The summed E-state index contributed by atoms with van der Waals surface area (Å²) in [4.78, 5) is 11.4. The van der Waals surface area contributed by atoms with Crippen LogP contribution in [0, 0.1) is 5.82 Å². The first-order valence-corrected chi connectivity index (χ1v) is 7.97. The first-order valence-electron chi connectivity index (χ1n) is 6.53. The minimum Gasteiger partial charge on any atom is -0.398 e. The molecule has 0 spiro atoms. The van der Waals surface area contributed by atoms with Gasteiger partial charge in [0.2, 0.25) is 15.9 Å². The van der Waals surface area contributed by atoms with E-state index in [0.717, 1.165) is 16.4 Å². The molecule has 1 amide bonds. The summed E-state index contributed by atoms with van der Waals surface area (Å²) in [5, 5.41) is 2.61. The third-order valence-corrected chi connectivity index (χ3v) is 4.69. The number of benzene rings is 1. The normalized spacial score (nSPS) is 11.9. The van der Waals surface area contributed by atoms with Gasteiger partial charge < -0.3 is 11.1 Å². The molecule has 0 aliphatic heterocycles. The van der Waals surface area contributed by atoms with Crippen molar-refractivity contribution in [3.63, 3.8) is 0 Å². The van der Waals surface area contributed by atoms with E-state index in [2.05, 4.69) is 5.32 Å². The highest BCUT2D eigenvalue weighted by molar-refractivity contribution is 7.89. The molecule has 0 aliphatic carbocycles. The molecule has 0 fully saturated rings. The van der Waals surface area contributed by atoms with Crippen LogP contribution in [0.2, 0.25) is 0 Å². The number of nitrogens with two attached hydrogens (primary N) is 1. The summed E-state index contributed by atoms with van der Waals surface area (Å²) in [5.74, 6) is -1.13. The Balaban J connectivity index is 3.08. The molecule has 0 heterocycles. The Morgan fingerprint density at radius 2 is 2.05 bits per heavy atom. The second-order valence-corrected chi connectivity index (χ2v) is 6.74. The van der Waals surface area contributed by atoms with Gasteiger partial charge in [-0.2, -0.15) is 4.31 Å². The average Bonchev–Trinajstić information content (AvgIpc) is 2.37. The van der Waals surface area contributed by atoms with E-state index in [1.54, 1.807) is 20.8 Å². The van der Waals surface area contributed by atoms with Crippen LogP contribution in [-0.4, -0.2) is 37.8 Å². The van der Waals surface area contributed by atoms with Crippen LogP contribution >= 0.6 is 0 Å². The maximum atomic E-state index is 13.3. The standard InChI is InChI=1S/C13H20FN3O3S/c1-4-17(8-13(18)16-9(2)3)21(19,20)12-7-10(14)5-6-11(12)15/h5-7,9H,4,8,15H2,1-3H3,(H,16,18). The monoisotopic (exact) mass is 317 g/mol. The molecular weight excluding hydrogens is 297 g/mol. The predicted molar refractivity (Wildman–Crippen MR) is 78.5 cm³/mol. The number of halogens is 1. The van der Waals surface area contributed by atoms with Crippen molar-refractivity contribution in [2.24, 2.45) is 0 Å². The van der Waals surface area contributed by atoms with Gasteiger partial charge in [0.15, 0.2) is 0 Å². The van der Waals surface area contributed by atoms with Gasteiger partial charge in [-0.1, -0.05) is 6.92 Å². The molecule has 3 N–H and O–H groups in total. The Morgan fingerprint density at radius 1 is 1.43 bits per heavy atom. The molecule has 0 saturated carbocycles. The van der Waals surface area contributed by atoms with E-state index in [9.17, 15) is 17.6 Å². The van der Waals surface area contributed by atoms with E-state index in [-0.39, 0.29) is 29.7 Å². The Hall–Kier alpha value is -1.67. The number of sulfonamides is 1. The highest BCUT2D eigenvalue weighted by Crippen LogP contribution is 2.23. The van der Waals surface area contributed by atoms with E-state index in [0.29, 0.717) is 0 Å². The number of hydrogen-bond acceptors (Lipinski definition) is 4. The second-order valence-electron chi connectivity index (χ2n) is 4.84. The van der Waals surface area contributed by atoms with Crippen LogP contribution in [0.3, 0.4) is 0 Å². The minimum absolute atomic E-state index is 0.0564. The molecule has 0 aliphatic rings. The van der Waals surface area contributed by atoms with Crippen molar-refractivity contribution in [3.8, 4) is 0 Å². The van der Waals surface area contributed by atoms with Crippen LogP contribution in [-0.2, 0) is 14.8 Å². The highest BCUT2D eigenvalue weighted by Gasteiger charge is 2.27. The maximum absolute atomic E-state index is 13.3. The topological polar surface area (TPSA) is 92.5 Å². The van der Waals surface area contributed by atoms with Gasteiger partial charge in [0, 0.05) is 12.6 Å². The fraction of sp³-hybridized carbons (Fsp3) is 0.462. The predicted octanol–water partition coefficient (Wildman–Crippen LogP) is 0.943. The Morgan fingerprint density at radius 3 is 2.57 bits per heavy atom. The number of anilines is 1. The summed E-state index contributed by atoms with van der Waals surface area (Å²) in [7, 11) is -4.03. The number of carbonyl (C=O) groups is 1. The lowest BCUT2D eigenvalue weighted by atomic mass is 10.3. The van der Waals surface area contributed by atoms with Crippen LogP contribution in [0.25, 0.3) is 0 Å². The Labute approximate surface area is 124 Å². The lowest BCUT2D eigenvalue weighted by Crippen LogP contribution is -2.42. The number of amides is 1. The van der Waals surface area contributed by atoms with Gasteiger partial charge in [-0.25, -0.2) is 12.8 Å². The second kappa shape index (κ2) is 6.86. The van der Waals surface area contributed by atoms with Crippen LogP contribution < -0.4 is 11.1 Å². The molecule has 1 aromatic carbocycles. The zero-order valence-electron chi connectivity index (χ0n) is 12.3. The fourth-order valence-electron chi connectivity index (χ4n) is 1.77. The van der Waals surface area contributed by atoms with Gasteiger partial charge in [-0.3, -0.25) is 4.79 Å². The third kappa shape index (κ3) is 4.40. The fourth-order valence-corrected chi connectivity index (χ4v) is 3.30. The molecular formula is C13H20FN3O3S. The summed E-state index contributed by atoms with van der Waals surface area (Å²) in [6.45, 7) is 4.87. The molecule has 1 aromatic rings. The molecule has 0 atom stereocenters. The summed E-state index contributed by atoms with van der Waals surface area (Å²) in [6.07, 6.45) is 0. The first-order chi connectivity index (χ1) is 9.68. The SMILES string of the molecule is CCN(CC(=O)NC(C)C)S(=O)(=O)c1cc(F)ccc1N. The van der Waals surface area contributed by atoms with Gasteiger partial charge in [0.1, 0.15) is 10.7 Å². The van der Waals surface area contributed by atoms with Gasteiger partial charge in [-0.05, 0) is 32.0 Å². The quantitative estimate of drug-likeness (QED) is 0.764. The summed E-state index contributed by atoms with van der Waals surface area (Å²) >= 11 is 0. The van der Waals surface area contributed by atoms with Gasteiger partial charge in [0.05, 0.1) is 12.2 Å². The molecule has 21 heavy (non-hydrogen) atoms. The van der Waals surface area contributed by atoms with Crippen molar-refractivity contribution < 1.29 is 17.6 Å². The smallest absolute Gasteiger partial charge is 0.245 e. The zero-order chi connectivity index (χ0) is 16.2. The first kappa shape index (κ1) is 17.4. The minimum atomic E-state index is -4.03. The molecule has 0 unspecified atom stereocenters. The van der Waals surface area contributed by atoms with Gasteiger partial charge >= 0.3 is 0 Å². The van der Waals surface area contributed by atoms with Crippen LogP contribution in [0.4, 0.5) is 10.1 Å². The summed E-state index contributed by atoms with van der Waals surface area (Å²) in [6, 6.07) is 3.02. The van der Waals surface area contributed by atoms with E-state index in [1.807, 2.05) is 0 Å². The van der Waals surface area contributed by atoms with Gasteiger partial charge in [0.25, 0.3) is 0 Å². The lowest BCUT2D eigenvalue weighted by molar-refractivity contribution is -0.121.